The average molecular weight is 271 g/mol. The number of unbranched alkanes of at least 4 members (excludes halogenated alkanes) is 4. The summed E-state index contributed by atoms with van der Waals surface area (Å²) in [5.41, 5.74) is 0.0277. The van der Waals surface area contributed by atoms with Crippen LogP contribution in [0.4, 0.5) is 0 Å². The molecule has 0 heterocycles. The van der Waals surface area contributed by atoms with Crippen molar-refractivity contribution in [2.45, 2.75) is 97.1 Å². The van der Waals surface area contributed by atoms with Crippen LogP contribution in [-0.4, -0.2) is 25.3 Å². The lowest BCUT2D eigenvalue weighted by atomic mass is 9.84. The maximum Gasteiger partial charge on any atom is 0.0825 e. The van der Waals surface area contributed by atoms with Gasteiger partial charge in [-0.1, -0.05) is 59.8 Å². The predicted octanol–water partition coefficient (Wildman–Crippen LogP) is 4.92. The van der Waals surface area contributed by atoms with E-state index in [9.17, 15) is 0 Å². The first kappa shape index (κ1) is 18.9. The van der Waals surface area contributed by atoms with Crippen molar-refractivity contribution in [2.75, 3.05) is 13.7 Å². The van der Waals surface area contributed by atoms with Gasteiger partial charge in [-0.2, -0.15) is 0 Å². The minimum atomic E-state index is 0.0277. The summed E-state index contributed by atoms with van der Waals surface area (Å²) < 4.78 is 5.91. The fourth-order valence-corrected chi connectivity index (χ4v) is 3.00. The van der Waals surface area contributed by atoms with E-state index in [1.807, 2.05) is 7.11 Å². The Bertz CT molecular complexity index is 181. The molecule has 0 aromatic heterocycles. The second kappa shape index (κ2) is 11.7. The highest BCUT2D eigenvalue weighted by Gasteiger charge is 2.34. The van der Waals surface area contributed by atoms with Gasteiger partial charge in [0.1, 0.15) is 0 Å². The minimum absolute atomic E-state index is 0.0277. The Morgan fingerprint density at radius 2 is 1.53 bits per heavy atom. The first-order chi connectivity index (χ1) is 9.20. The number of ether oxygens (including phenoxy) is 1. The van der Waals surface area contributed by atoms with Crippen molar-refractivity contribution in [2.24, 2.45) is 0 Å². The summed E-state index contributed by atoms with van der Waals surface area (Å²) in [6, 6.07) is 0.508. The molecule has 0 aromatic rings. The van der Waals surface area contributed by atoms with Crippen LogP contribution >= 0.6 is 0 Å². The van der Waals surface area contributed by atoms with Gasteiger partial charge >= 0.3 is 0 Å². The molecular formula is C17H37NO. The fraction of sp³-hybridized carbons (Fsp3) is 1.00. The Morgan fingerprint density at radius 3 is 2.00 bits per heavy atom. The van der Waals surface area contributed by atoms with Crippen LogP contribution in [0, 0.1) is 0 Å². The molecule has 0 rings (SSSR count). The third-order valence-electron chi connectivity index (χ3n) is 4.48. The van der Waals surface area contributed by atoms with Crippen LogP contribution in [0.2, 0.25) is 0 Å². The number of nitrogens with one attached hydrogen (secondary N) is 1. The summed E-state index contributed by atoms with van der Waals surface area (Å²) in [7, 11) is 1.88. The van der Waals surface area contributed by atoms with Gasteiger partial charge in [-0.25, -0.2) is 0 Å². The molecule has 0 saturated heterocycles. The Morgan fingerprint density at radius 1 is 0.895 bits per heavy atom. The zero-order valence-corrected chi connectivity index (χ0v) is 14.1. The molecule has 0 radical (unpaired) electrons. The molecule has 0 aliphatic rings. The minimum Gasteiger partial charge on any atom is -0.377 e. The lowest BCUT2D eigenvalue weighted by Gasteiger charge is -2.39. The van der Waals surface area contributed by atoms with E-state index in [-0.39, 0.29) is 5.60 Å². The van der Waals surface area contributed by atoms with Crippen LogP contribution in [0.25, 0.3) is 0 Å². The Labute approximate surface area is 121 Å². The van der Waals surface area contributed by atoms with Crippen LogP contribution in [0.5, 0.6) is 0 Å². The third kappa shape index (κ3) is 6.76. The van der Waals surface area contributed by atoms with Crippen molar-refractivity contribution in [3.05, 3.63) is 0 Å². The fourth-order valence-electron chi connectivity index (χ4n) is 3.00. The molecule has 0 aliphatic carbocycles. The SMILES string of the molecule is CCCCCCCC(NCCC)C(CC)(CC)OC. The Hall–Kier alpha value is -0.0800. The third-order valence-corrected chi connectivity index (χ3v) is 4.48. The Kier molecular flexibility index (Phi) is 11.7. The maximum atomic E-state index is 5.91. The molecule has 0 aliphatic heterocycles. The zero-order chi connectivity index (χ0) is 14.6. The smallest absolute Gasteiger partial charge is 0.0825 e. The molecule has 2 heteroatoms. The van der Waals surface area contributed by atoms with E-state index in [2.05, 4.69) is 33.0 Å². The van der Waals surface area contributed by atoms with Crippen molar-refractivity contribution >= 4 is 0 Å². The molecule has 0 spiro atoms. The topological polar surface area (TPSA) is 21.3 Å². The molecule has 116 valence electrons. The monoisotopic (exact) mass is 271 g/mol. The highest BCUT2D eigenvalue weighted by Crippen LogP contribution is 2.27. The van der Waals surface area contributed by atoms with Crippen LogP contribution in [0.15, 0.2) is 0 Å². The zero-order valence-electron chi connectivity index (χ0n) is 14.1. The molecule has 2 nitrogen and oxygen atoms in total. The molecule has 1 N–H and O–H groups in total. The van der Waals surface area contributed by atoms with Crippen LogP contribution in [0.1, 0.15) is 85.5 Å². The second-order valence-electron chi connectivity index (χ2n) is 5.69. The number of hydrogen-bond donors (Lipinski definition) is 1. The number of rotatable bonds is 13. The van der Waals surface area contributed by atoms with Crippen LogP contribution < -0.4 is 5.32 Å². The molecule has 1 atom stereocenters. The molecule has 0 fully saturated rings. The lowest BCUT2D eigenvalue weighted by molar-refractivity contribution is -0.0498. The van der Waals surface area contributed by atoms with E-state index in [4.69, 9.17) is 4.74 Å². The van der Waals surface area contributed by atoms with E-state index in [0.29, 0.717) is 6.04 Å². The summed E-state index contributed by atoms with van der Waals surface area (Å²) in [5, 5.41) is 3.73. The quantitative estimate of drug-likeness (QED) is 0.480. The number of hydrogen-bond acceptors (Lipinski definition) is 2. The molecular weight excluding hydrogens is 234 g/mol. The first-order valence-corrected chi connectivity index (χ1v) is 8.49. The van der Waals surface area contributed by atoms with E-state index >= 15 is 0 Å². The molecule has 0 aromatic carbocycles. The molecule has 0 bridgehead atoms. The van der Waals surface area contributed by atoms with E-state index in [0.717, 1.165) is 19.4 Å². The standard InChI is InChI=1S/C17H37NO/c1-6-10-11-12-13-14-16(18-15-7-2)17(8-3,9-4)19-5/h16,18H,6-15H2,1-5H3. The maximum absolute atomic E-state index is 5.91. The van der Waals surface area contributed by atoms with E-state index in [1.165, 1.54) is 44.9 Å². The van der Waals surface area contributed by atoms with Gasteiger partial charge in [0.2, 0.25) is 0 Å². The van der Waals surface area contributed by atoms with Crippen molar-refractivity contribution in [1.82, 2.24) is 5.32 Å². The summed E-state index contributed by atoms with van der Waals surface area (Å²) in [4.78, 5) is 0. The van der Waals surface area contributed by atoms with Crippen LogP contribution in [-0.2, 0) is 4.74 Å². The van der Waals surface area contributed by atoms with Gasteiger partial charge in [0, 0.05) is 13.2 Å². The molecule has 1 unspecified atom stereocenters. The first-order valence-electron chi connectivity index (χ1n) is 8.49. The van der Waals surface area contributed by atoms with Gasteiger partial charge in [0.15, 0.2) is 0 Å². The van der Waals surface area contributed by atoms with Crippen molar-refractivity contribution in [3.8, 4) is 0 Å². The summed E-state index contributed by atoms with van der Waals surface area (Å²) in [6.45, 7) is 10.1. The van der Waals surface area contributed by atoms with E-state index in [1.54, 1.807) is 0 Å². The van der Waals surface area contributed by atoms with Crippen molar-refractivity contribution in [3.63, 3.8) is 0 Å². The largest absolute Gasteiger partial charge is 0.377 e. The molecule has 0 amide bonds. The normalized spacial score (nSPS) is 13.7. The summed E-state index contributed by atoms with van der Waals surface area (Å²) in [6.07, 6.45) is 11.4. The van der Waals surface area contributed by atoms with E-state index < -0.39 is 0 Å². The number of methoxy groups -OCH3 is 1. The lowest BCUT2D eigenvalue weighted by Crippen LogP contribution is -2.51. The van der Waals surface area contributed by atoms with Crippen molar-refractivity contribution in [1.29, 1.82) is 0 Å². The van der Waals surface area contributed by atoms with Gasteiger partial charge in [0.05, 0.1) is 5.60 Å². The second-order valence-corrected chi connectivity index (χ2v) is 5.69. The van der Waals surface area contributed by atoms with Gasteiger partial charge in [0.25, 0.3) is 0 Å². The Balaban J connectivity index is 4.34. The highest BCUT2D eigenvalue weighted by atomic mass is 16.5. The van der Waals surface area contributed by atoms with Gasteiger partial charge in [-0.3, -0.25) is 0 Å². The van der Waals surface area contributed by atoms with Gasteiger partial charge in [-0.15, -0.1) is 0 Å². The average Bonchev–Trinajstić information content (AvgIpc) is 2.45. The molecule has 0 saturated carbocycles. The predicted molar refractivity (Wildman–Crippen MR) is 85.8 cm³/mol. The summed E-state index contributed by atoms with van der Waals surface area (Å²) in [5.74, 6) is 0. The van der Waals surface area contributed by atoms with Crippen molar-refractivity contribution < 1.29 is 4.74 Å². The highest BCUT2D eigenvalue weighted by molar-refractivity contribution is 4.91. The van der Waals surface area contributed by atoms with Gasteiger partial charge < -0.3 is 10.1 Å². The van der Waals surface area contributed by atoms with Crippen LogP contribution in [0.3, 0.4) is 0 Å². The summed E-state index contributed by atoms with van der Waals surface area (Å²) >= 11 is 0. The molecule has 19 heavy (non-hydrogen) atoms. The van der Waals surface area contributed by atoms with Gasteiger partial charge in [-0.05, 0) is 32.2 Å².